The fourth-order valence-corrected chi connectivity index (χ4v) is 4.42. The molecule has 0 amide bonds. The maximum Gasteiger partial charge on any atom is 0.162 e. The summed E-state index contributed by atoms with van der Waals surface area (Å²) in [6.07, 6.45) is 1.53. The minimum absolute atomic E-state index is 0.0693. The van der Waals surface area contributed by atoms with Crippen molar-refractivity contribution in [3.05, 3.63) is 57.0 Å². The molecule has 0 radical (unpaired) electrons. The topological polar surface area (TPSA) is 100.0 Å². The lowest BCUT2D eigenvalue weighted by molar-refractivity contribution is 0.171. The molecule has 5 rings (SSSR count). The van der Waals surface area contributed by atoms with E-state index in [9.17, 15) is 10.2 Å². The zero-order valence-corrected chi connectivity index (χ0v) is 19.1. The fourth-order valence-electron chi connectivity index (χ4n) is 3.26. The first-order valence-electron chi connectivity index (χ1n) is 9.33. The van der Waals surface area contributed by atoms with Crippen LogP contribution in [0.4, 0.5) is 5.69 Å². The largest absolute Gasteiger partial charge is 0.506 e. The highest BCUT2D eigenvalue weighted by atomic mass is 79.9. The number of imidazole rings is 1. The zero-order valence-electron chi connectivity index (χ0n) is 15.9. The lowest BCUT2D eigenvalue weighted by atomic mass is 10.2. The van der Waals surface area contributed by atoms with Gasteiger partial charge >= 0.3 is 0 Å². The van der Waals surface area contributed by atoms with Crippen LogP contribution in [0.5, 0.6) is 23.0 Å². The van der Waals surface area contributed by atoms with E-state index in [0.717, 1.165) is 28.2 Å². The number of rotatable bonds is 3. The molecule has 31 heavy (non-hydrogen) atoms. The Hall–Kier alpha value is -3.04. The molecule has 7 nitrogen and oxygen atoms in total. The van der Waals surface area contributed by atoms with Gasteiger partial charge in [0.25, 0.3) is 0 Å². The SMILES string of the molecule is Oc1c(Br)cc(C=Nc2ccc3nc(-c4ccc5c(c4)OCCO5)[nH]c3c2)c(O)c1Br. The second-order valence-corrected chi connectivity index (χ2v) is 8.51. The Morgan fingerprint density at radius 3 is 2.61 bits per heavy atom. The van der Waals surface area contributed by atoms with Crippen LogP contribution in [0.2, 0.25) is 0 Å². The molecule has 0 aliphatic carbocycles. The quantitative estimate of drug-likeness (QED) is 0.288. The molecule has 2 heterocycles. The molecule has 0 atom stereocenters. The Morgan fingerprint density at radius 2 is 1.77 bits per heavy atom. The van der Waals surface area contributed by atoms with Crippen molar-refractivity contribution in [2.45, 2.75) is 0 Å². The number of phenolic OH excluding ortho intramolecular Hbond substituents is 2. The molecule has 0 saturated heterocycles. The summed E-state index contributed by atoms with van der Waals surface area (Å²) in [7, 11) is 0. The first-order chi connectivity index (χ1) is 15.0. The lowest BCUT2D eigenvalue weighted by Crippen LogP contribution is -2.15. The molecule has 0 fully saturated rings. The number of nitrogens with zero attached hydrogens (tertiary/aromatic N) is 2. The molecular formula is C22H15Br2N3O4. The molecule has 1 aliphatic heterocycles. The highest BCUT2D eigenvalue weighted by Gasteiger charge is 2.15. The van der Waals surface area contributed by atoms with E-state index in [1.807, 2.05) is 36.4 Å². The van der Waals surface area contributed by atoms with Crippen LogP contribution in [0, 0.1) is 0 Å². The molecule has 3 aromatic carbocycles. The number of halogens is 2. The molecule has 0 spiro atoms. The van der Waals surface area contributed by atoms with Gasteiger partial charge in [0, 0.05) is 17.3 Å². The number of benzene rings is 3. The summed E-state index contributed by atoms with van der Waals surface area (Å²) in [5.74, 6) is 2.00. The second kappa shape index (κ2) is 7.90. The highest BCUT2D eigenvalue weighted by molar-refractivity contribution is 9.11. The van der Waals surface area contributed by atoms with Gasteiger partial charge in [-0.1, -0.05) is 0 Å². The summed E-state index contributed by atoms with van der Waals surface area (Å²) in [5.41, 5.74) is 3.68. The molecule has 0 unspecified atom stereocenters. The maximum atomic E-state index is 10.2. The number of nitrogens with one attached hydrogen (secondary N) is 1. The molecule has 0 bridgehead atoms. The van der Waals surface area contributed by atoms with Gasteiger partial charge < -0.3 is 24.7 Å². The number of hydrogen-bond donors (Lipinski definition) is 3. The monoisotopic (exact) mass is 543 g/mol. The van der Waals surface area contributed by atoms with Crippen LogP contribution in [0.3, 0.4) is 0 Å². The van der Waals surface area contributed by atoms with Crippen molar-refractivity contribution in [1.82, 2.24) is 9.97 Å². The van der Waals surface area contributed by atoms with Crippen LogP contribution in [0.25, 0.3) is 22.4 Å². The minimum Gasteiger partial charge on any atom is -0.506 e. The number of H-pyrrole nitrogens is 1. The number of fused-ring (bicyclic) bond motifs is 2. The van der Waals surface area contributed by atoms with Crippen LogP contribution in [0.15, 0.2) is 56.4 Å². The Labute approximate surface area is 193 Å². The van der Waals surface area contributed by atoms with Gasteiger partial charge in [0.15, 0.2) is 11.5 Å². The zero-order chi connectivity index (χ0) is 21.5. The Morgan fingerprint density at radius 1 is 0.968 bits per heavy atom. The summed E-state index contributed by atoms with van der Waals surface area (Å²) in [4.78, 5) is 12.4. The second-order valence-electron chi connectivity index (χ2n) is 6.86. The van der Waals surface area contributed by atoms with Crippen LogP contribution >= 0.6 is 31.9 Å². The first kappa shape index (κ1) is 19.9. The average Bonchev–Trinajstić information content (AvgIpc) is 3.22. The van der Waals surface area contributed by atoms with E-state index in [1.54, 1.807) is 6.07 Å². The van der Waals surface area contributed by atoms with Gasteiger partial charge in [-0.3, -0.25) is 4.99 Å². The third-order valence-corrected chi connectivity index (χ3v) is 6.19. The maximum absolute atomic E-state index is 10.2. The van der Waals surface area contributed by atoms with Crippen LogP contribution in [-0.4, -0.2) is 39.6 Å². The highest BCUT2D eigenvalue weighted by Crippen LogP contribution is 2.41. The van der Waals surface area contributed by atoms with E-state index in [4.69, 9.17) is 9.47 Å². The molecule has 1 aromatic heterocycles. The Bertz CT molecular complexity index is 1350. The van der Waals surface area contributed by atoms with E-state index in [-0.39, 0.29) is 16.0 Å². The summed E-state index contributed by atoms with van der Waals surface area (Å²) in [6, 6.07) is 12.9. The summed E-state index contributed by atoms with van der Waals surface area (Å²) in [6.45, 7) is 1.08. The van der Waals surface area contributed by atoms with Crippen molar-refractivity contribution < 1.29 is 19.7 Å². The number of aromatic nitrogens is 2. The number of ether oxygens (including phenoxy) is 2. The molecule has 9 heteroatoms. The lowest BCUT2D eigenvalue weighted by Gasteiger charge is -2.18. The smallest absolute Gasteiger partial charge is 0.162 e. The predicted octanol–water partition coefficient (Wildman–Crippen LogP) is 5.69. The van der Waals surface area contributed by atoms with Crippen molar-refractivity contribution in [3.63, 3.8) is 0 Å². The third kappa shape index (κ3) is 3.75. The van der Waals surface area contributed by atoms with Crippen molar-refractivity contribution in [1.29, 1.82) is 0 Å². The molecule has 4 aromatic rings. The number of phenols is 2. The average molecular weight is 545 g/mol. The van der Waals surface area contributed by atoms with Gasteiger partial charge in [-0.2, -0.15) is 0 Å². The van der Waals surface area contributed by atoms with E-state index in [2.05, 4.69) is 46.8 Å². The van der Waals surface area contributed by atoms with Crippen LogP contribution < -0.4 is 9.47 Å². The standard InChI is InChI=1S/C22H15Br2N3O4/c23-14-7-12(20(28)19(24)21(14)29)10-25-13-2-3-15-16(9-13)27-22(26-15)11-1-4-17-18(8-11)31-6-5-30-17/h1-4,7-10,28-29H,5-6H2,(H,26,27). The number of aliphatic imine (C=N–C) groups is 1. The number of hydrogen-bond acceptors (Lipinski definition) is 6. The van der Waals surface area contributed by atoms with E-state index in [1.165, 1.54) is 6.21 Å². The van der Waals surface area contributed by atoms with E-state index >= 15 is 0 Å². The van der Waals surface area contributed by atoms with Gasteiger partial charge in [0.1, 0.15) is 35.0 Å². The molecule has 0 saturated carbocycles. The third-order valence-electron chi connectivity index (χ3n) is 4.83. The van der Waals surface area contributed by atoms with Gasteiger partial charge in [-0.15, -0.1) is 0 Å². The number of aromatic hydroxyl groups is 2. The normalized spacial score (nSPS) is 13.2. The predicted molar refractivity (Wildman–Crippen MR) is 125 cm³/mol. The van der Waals surface area contributed by atoms with Gasteiger partial charge in [0.05, 0.1) is 21.2 Å². The van der Waals surface area contributed by atoms with Crippen LogP contribution in [0.1, 0.15) is 5.56 Å². The van der Waals surface area contributed by atoms with Crippen molar-refractivity contribution in [2.24, 2.45) is 4.99 Å². The van der Waals surface area contributed by atoms with Crippen molar-refractivity contribution in [2.75, 3.05) is 13.2 Å². The van der Waals surface area contributed by atoms with Gasteiger partial charge in [-0.25, -0.2) is 4.98 Å². The first-order valence-corrected chi connectivity index (χ1v) is 10.9. The fraction of sp³-hybridized carbons (Fsp3) is 0.0909. The van der Waals surface area contributed by atoms with Crippen molar-refractivity contribution in [3.8, 4) is 34.4 Å². The van der Waals surface area contributed by atoms with Gasteiger partial charge in [0.2, 0.25) is 0 Å². The summed E-state index contributed by atoms with van der Waals surface area (Å²) >= 11 is 6.42. The number of aromatic amines is 1. The van der Waals surface area contributed by atoms with E-state index < -0.39 is 0 Å². The van der Waals surface area contributed by atoms with Crippen molar-refractivity contribution >= 4 is 54.8 Å². The Kier molecular flexibility index (Phi) is 5.07. The summed E-state index contributed by atoms with van der Waals surface area (Å²) in [5, 5.41) is 20.1. The Balaban J connectivity index is 1.46. The van der Waals surface area contributed by atoms with E-state index in [0.29, 0.717) is 34.7 Å². The van der Waals surface area contributed by atoms with Gasteiger partial charge in [-0.05, 0) is 74.3 Å². The summed E-state index contributed by atoms with van der Waals surface area (Å²) < 4.78 is 11.9. The molecular weight excluding hydrogens is 530 g/mol. The molecule has 1 aliphatic rings. The van der Waals surface area contributed by atoms with Crippen LogP contribution in [-0.2, 0) is 0 Å². The molecule has 156 valence electrons. The molecule has 3 N–H and O–H groups in total. The minimum atomic E-state index is -0.0898.